The molecule has 0 spiro atoms. The molecule has 0 bridgehead atoms. The van der Waals surface area contributed by atoms with Gasteiger partial charge in [-0.3, -0.25) is 14.4 Å². The fourth-order valence-electron chi connectivity index (χ4n) is 4.20. The van der Waals surface area contributed by atoms with Gasteiger partial charge in [0.05, 0.1) is 5.56 Å². The number of hydrogen-bond donors (Lipinski definition) is 1. The number of hydrogen-bond acceptors (Lipinski definition) is 4. The van der Waals surface area contributed by atoms with E-state index in [-0.39, 0.29) is 35.0 Å². The second-order valence-corrected chi connectivity index (χ2v) is 8.21. The van der Waals surface area contributed by atoms with Crippen LogP contribution in [-0.4, -0.2) is 29.0 Å². The molecule has 3 rings (SSSR count). The zero-order valence-electron chi connectivity index (χ0n) is 17.1. The first kappa shape index (κ1) is 21.2. The van der Waals surface area contributed by atoms with Gasteiger partial charge in [-0.25, -0.2) is 4.98 Å². The van der Waals surface area contributed by atoms with Crippen molar-refractivity contribution < 1.29 is 14.4 Å². The number of aromatic nitrogens is 1. The first-order valence-corrected chi connectivity index (χ1v) is 10.1. The van der Waals surface area contributed by atoms with Gasteiger partial charge < -0.3 is 5.32 Å². The van der Waals surface area contributed by atoms with Crippen molar-refractivity contribution in [3.05, 3.63) is 62.9 Å². The number of nitrogens with one attached hydrogen (secondary N) is 1. The van der Waals surface area contributed by atoms with Crippen LogP contribution in [-0.2, 0) is 9.59 Å². The Morgan fingerprint density at radius 2 is 1.79 bits per heavy atom. The molecule has 2 aromatic rings. The second kappa shape index (κ2) is 8.46. The number of rotatable bonds is 5. The molecule has 0 aliphatic heterocycles. The van der Waals surface area contributed by atoms with Gasteiger partial charge in [0, 0.05) is 24.6 Å². The smallest absolute Gasteiger partial charge is 0.254 e. The third-order valence-corrected chi connectivity index (χ3v) is 5.78. The van der Waals surface area contributed by atoms with E-state index < -0.39 is 5.92 Å². The van der Waals surface area contributed by atoms with E-state index >= 15 is 0 Å². The summed E-state index contributed by atoms with van der Waals surface area (Å²) in [5.41, 5.74) is 4.94. The van der Waals surface area contributed by atoms with Crippen LogP contribution in [0.3, 0.4) is 0 Å². The summed E-state index contributed by atoms with van der Waals surface area (Å²) in [5.74, 6) is -1.48. The summed E-state index contributed by atoms with van der Waals surface area (Å²) >= 11 is 6.03. The van der Waals surface area contributed by atoms with Gasteiger partial charge >= 0.3 is 0 Å². The summed E-state index contributed by atoms with van der Waals surface area (Å²) in [6.45, 7) is 7.99. The van der Waals surface area contributed by atoms with E-state index in [0.717, 1.165) is 27.9 Å². The first-order chi connectivity index (χ1) is 13.7. The second-order valence-electron chi connectivity index (χ2n) is 7.85. The van der Waals surface area contributed by atoms with Crippen molar-refractivity contribution in [2.45, 2.75) is 46.5 Å². The summed E-state index contributed by atoms with van der Waals surface area (Å²) < 4.78 is 0. The van der Waals surface area contributed by atoms with Crippen molar-refractivity contribution in [3.63, 3.8) is 0 Å². The molecular weight excluding hydrogens is 388 g/mol. The Hall–Kier alpha value is -2.53. The summed E-state index contributed by atoms with van der Waals surface area (Å²) in [5, 5.41) is 2.93. The van der Waals surface area contributed by atoms with Crippen LogP contribution in [0.15, 0.2) is 24.3 Å². The molecule has 152 valence electrons. The maximum absolute atomic E-state index is 13.0. The van der Waals surface area contributed by atoms with Crippen molar-refractivity contribution in [2.24, 2.45) is 5.92 Å². The van der Waals surface area contributed by atoms with Crippen LogP contribution >= 0.6 is 11.6 Å². The molecule has 1 N–H and O–H groups in total. The van der Waals surface area contributed by atoms with Gasteiger partial charge in [-0.15, -0.1) is 0 Å². The molecule has 1 aromatic heterocycles. The van der Waals surface area contributed by atoms with Gasteiger partial charge in [-0.2, -0.15) is 0 Å². The van der Waals surface area contributed by atoms with Crippen LogP contribution in [0.5, 0.6) is 0 Å². The predicted octanol–water partition coefficient (Wildman–Crippen LogP) is 4.03. The Morgan fingerprint density at radius 1 is 1.14 bits per heavy atom. The number of ketones is 2. The van der Waals surface area contributed by atoms with E-state index in [9.17, 15) is 14.4 Å². The normalized spacial score (nSPS) is 18.9. The standard InChI is InChI=1S/C23H25ClN2O3/c1-12-9-13(2)19(14(3)10-12)20-18(27)11-16(21(20)28)7-8-25-23(29)17-6-5-15(4)26-22(17)24/h5-6,9-10,16,20H,7-8,11H2,1-4H3,(H,25,29). The first-order valence-electron chi connectivity index (χ1n) is 9.74. The van der Waals surface area contributed by atoms with Crippen LogP contribution in [0.25, 0.3) is 0 Å². The van der Waals surface area contributed by atoms with Gasteiger partial charge in [0.2, 0.25) is 0 Å². The Balaban J connectivity index is 1.66. The van der Waals surface area contributed by atoms with Crippen molar-refractivity contribution in [1.29, 1.82) is 0 Å². The van der Waals surface area contributed by atoms with Gasteiger partial charge in [-0.1, -0.05) is 29.3 Å². The number of benzene rings is 1. The molecule has 6 heteroatoms. The minimum Gasteiger partial charge on any atom is -0.352 e. The molecule has 29 heavy (non-hydrogen) atoms. The van der Waals surface area contributed by atoms with Gasteiger partial charge in [-0.05, 0) is 62.9 Å². The molecule has 1 saturated carbocycles. The molecule has 1 aliphatic carbocycles. The van der Waals surface area contributed by atoms with Crippen LogP contribution in [0.1, 0.15) is 57.1 Å². The van der Waals surface area contributed by atoms with E-state index in [1.54, 1.807) is 19.1 Å². The molecule has 0 radical (unpaired) electrons. The highest BCUT2D eigenvalue weighted by molar-refractivity contribution is 6.32. The lowest BCUT2D eigenvalue weighted by molar-refractivity contribution is -0.124. The predicted molar refractivity (Wildman–Crippen MR) is 112 cm³/mol. The van der Waals surface area contributed by atoms with Crippen LogP contribution in [0, 0.1) is 33.6 Å². The van der Waals surface area contributed by atoms with Gasteiger partial charge in [0.15, 0.2) is 5.78 Å². The molecule has 1 fully saturated rings. The highest BCUT2D eigenvalue weighted by Gasteiger charge is 2.42. The average molecular weight is 413 g/mol. The number of aryl methyl sites for hydroxylation is 4. The van der Waals surface area contributed by atoms with Crippen LogP contribution in [0.2, 0.25) is 5.15 Å². The summed E-state index contributed by atoms with van der Waals surface area (Å²) in [4.78, 5) is 42.0. The lowest BCUT2D eigenvalue weighted by Crippen LogP contribution is -2.27. The monoisotopic (exact) mass is 412 g/mol. The topological polar surface area (TPSA) is 76.1 Å². The number of nitrogens with zero attached hydrogens (tertiary/aromatic N) is 1. The zero-order valence-corrected chi connectivity index (χ0v) is 17.9. The van der Waals surface area contributed by atoms with E-state index in [0.29, 0.717) is 18.5 Å². The van der Waals surface area contributed by atoms with Crippen molar-refractivity contribution in [2.75, 3.05) is 6.54 Å². The molecule has 1 aliphatic rings. The zero-order chi connectivity index (χ0) is 21.3. The number of Topliss-reactive ketones (excluding diaryl/α,β-unsaturated/α-hetero) is 2. The van der Waals surface area contributed by atoms with E-state index in [4.69, 9.17) is 11.6 Å². The SMILES string of the molecule is Cc1cc(C)c(C2C(=O)CC(CCNC(=O)c3ccc(C)nc3Cl)C2=O)c(C)c1. The molecule has 0 saturated heterocycles. The fraction of sp³-hybridized carbons (Fsp3) is 0.391. The van der Waals surface area contributed by atoms with E-state index in [1.807, 2.05) is 32.9 Å². The average Bonchev–Trinajstić information content (AvgIpc) is 2.89. The van der Waals surface area contributed by atoms with E-state index in [2.05, 4.69) is 10.3 Å². The largest absolute Gasteiger partial charge is 0.352 e. The Labute approximate surface area is 175 Å². The summed E-state index contributed by atoms with van der Waals surface area (Å²) in [7, 11) is 0. The fourth-order valence-corrected chi connectivity index (χ4v) is 4.48. The summed E-state index contributed by atoms with van der Waals surface area (Å²) in [6.07, 6.45) is 0.645. The van der Waals surface area contributed by atoms with Gasteiger partial charge in [0.1, 0.15) is 16.9 Å². The minimum absolute atomic E-state index is 0.0350. The maximum atomic E-state index is 13.0. The van der Waals surface area contributed by atoms with Crippen molar-refractivity contribution in [1.82, 2.24) is 10.3 Å². The maximum Gasteiger partial charge on any atom is 0.254 e. The third-order valence-electron chi connectivity index (χ3n) is 5.49. The van der Waals surface area contributed by atoms with Crippen molar-refractivity contribution in [3.8, 4) is 0 Å². The minimum atomic E-state index is -0.688. The number of carbonyl (C=O) groups is 3. The lowest BCUT2D eigenvalue weighted by Gasteiger charge is -2.16. The third kappa shape index (κ3) is 4.40. The van der Waals surface area contributed by atoms with Gasteiger partial charge in [0.25, 0.3) is 5.91 Å². The molecule has 1 amide bonds. The molecule has 2 atom stereocenters. The Morgan fingerprint density at radius 3 is 2.41 bits per heavy atom. The van der Waals surface area contributed by atoms with Crippen molar-refractivity contribution >= 4 is 29.1 Å². The number of halogens is 1. The summed E-state index contributed by atoms with van der Waals surface area (Å²) in [6, 6.07) is 7.37. The highest BCUT2D eigenvalue weighted by atomic mass is 35.5. The van der Waals surface area contributed by atoms with Crippen LogP contribution < -0.4 is 5.32 Å². The molecular formula is C23H25ClN2O3. The molecule has 5 nitrogen and oxygen atoms in total. The van der Waals surface area contributed by atoms with E-state index in [1.165, 1.54) is 0 Å². The number of carbonyl (C=O) groups excluding carboxylic acids is 3. The quantitative estimate of drug-likeness (QED) is 0.594. The molecule has 2 unspecified atom stereocenters. The number of amides is 1. The Kier molecular flexibility index (Phi) is 6.18. The van der Waals surface area contributed by atoms with Crippen LogP contribution in [0.4, 0.5) is 0 Å². The number of pyridine rings is 1. The lowest BCUT2D eigenvalue weighted by atomic mass is 9.86. The molecule has 1 heterocycles. The Bertz CT molecular complexity index is 977. The molecule has 1 aromatic carbocycles. The highest BCUT2D eigenvalue weighted by Crippen LogP contribution is 2.37.